The molecule has 0 bridgehead atoms. The van der Waals surface area contributed by atoms with Gasteiger partial charge in [0.25, 0.3) is 0 Å². The molecule has 0 radical (unpaired) electrons. The summed E-state index contributed by atoms with van der Waals surface area (Å²) in [5, 5.41) is 0.125. The number of fused-ring (bicyclic) bond motifs is 1. The molecule has 0 aliphatic heterocycles. The lowest BCUT2D eigenvalue weighted by Gasteiger charge is -2.12. The first-order valence-electron chi connectivity index (χ1n) is 5.84. The molecule has 21 heavy (non-hydrogen) atoms. The van der Waals surface area contributed by atoms with E-state index in [9.17, 15) is 13.2 Å². The zero-order chi connectivity index (χ0) is 15.2. The van der Waals surface area contributed by atoms with E-state index >= 15 is 0 Å². The van der Waals surface area contributed by atoms with Crippen LogP contribution in [0.3, 0.4) is 0 Å². The van der Waals surface area contributed by atoms with Crippen LogP contribution >= 0.6 is 11.6 Å². The van der Waals surface area contributed by atoms with Crippen molar-refractivity contribution in [1.82, 2.24) is 14.5 Å². The fourth-order valence-corrected chi connectivity index (χ4v) is 2.23. The fraction of sp³-hybridized carbons (Fsp3) is 0.0769. The number of hydrogen-bond acceptors (Lipinski definition) is 3. The zero-order valence-corrected chi connectivity index (χ0v) is 11.2. The van der Waals surface area contributed by atoms with Gasteiger partial charge < -0.3 is 5.73 Å². The minimum Gasteiger partial charge on any atom is -0.369 e. The standard InChI is InChI=1S/C13H8ClF3N4/c14-8-4-3-7(13(15,16)17)6-10(8)21-11-9(20-12(21)18)2-1-5-19-11/h1-6H,(H2,18,20). The first-order valence-corrected chi connectivity index (χ1v) is 6.22. The van der Waals surface area contributed by atoms with Crippen molar-refractivity contribution in [2.45, 2.75) is 6.18 Å². The number of nitrogens with two attached hydrogens (primary N) is 1. The van der Waals surface area contributed by atoms with Gasteiger partial charge in [-0.05, 0) is 30.3 Å². The van der Waals surface area contributed by atoms with Crippen molar-refractivity contribution in [1.29, 1.82) is 0 Å². The Bertz CT molecular complexity index is 826. The summed E-state index contributed by atoms with van der Waals surface area (Å²) in [7, 11) is 0. The highest BCUT2D eigenvalue weighted by Gasteiger charge is 2.31. The predicted molar refractivity (Wildman–Crippen MR) is 73.3 cm³/mol. The molecule has 0 saturated carbocycles. The Morgan fingerprint density at radius 2 is 1.95 bits per heavy atom. The van der Waals surface area contributed by atoms with E-state index in [0.717, 1.165) is 12.1 Å². The molecule has 0 amide bonds. The highest BCUT2D eigenvalue weighted by atomic mass is 35.5. The van der Waals surface area contributed by atoms with Crippen LogP contribution in [-0.4, -0.2) is 14.5 Å². The molecule has 0 spiro atoms. The average Bonchev–Trinajstić information content (AvgIpc) is 2.74. The number of aromatic nitrogens is 3. The Morgan fingerprint density at radius 1 is 1.19 bits per heavy atom. The third kappa shape index (κ3) is 2.29. The summed E-state index contributed by atoms with van der Waals surface area (Å²) in [5.74, 6) is 0.0184. The maximum Gasteiger partial charge on any atom is 0.416 e. The lowest BCUT2D eigenvalue weighted by molar-refractivity contribution is -0.137. The maximum absolute atomic E-state index is 12.8. The number of halogens is 4. The molecule has 3 rings (SSSR count). The van der Waals surface area contributed by atoms with Gasteiger partial charge >= 0.3 is 6.18 Å². The SMILES string of the molecule is Nc1nc2cccnc2n1-c1cc(C(F)(F)F)ccc1Cl. The van der Waals surface area contributed by atoms with E-state index in [-0.39, 0.29) is 16.7 Å². The number of hydrogen-bond donors (Lipinski definition) is 1. The molecule has 3 aromatic rings. The van der Waals surface area contributed by atoms with E-state index in [4.69, 9.17) is 17.3 Å². The van der Waals surface area contributed by atoms with Crippen molar-refractivity contribution in [3.63, 3.8) is 0 Å². The lowest BCUT2D eigenvalue weighted by atomic mass is 10.2. The highest BCUT2D eigenvalue weighted by molar-refractivity contribution is 6.32. The van der Waals surface area contributed by atoms with Crippen molar-refractivity contribution < 1.29 is 13.2 Å². The van der Waals surface area contributed by atoms with Gasteiger partial charge in [-0.1, -0.05) is 11.6 Å². The Hall–Kier alpha value is -2.28. The first kappa shape index (κ1) is 13.7. The Balaban J connectivity index is 2.30. The number of benzene rings is 1. The molecule has 0 atom stereocenters. The molecule has 0 aliphatic carbocycles. The number of anilines is 1. The lowest BCUT2D eigenvalue weighted by Crippen LogP contribution is -2.08. The van der Waals surface area contributed by atoms with Gasteiger partial charge in [0.15, 0.2) is 5.65 Å². The number of nitrogens with zero attached hydrogens (tertiary/aromatic N) is 3. The summed E-state index contributed by atoms with van der Waals surface area (Å²) in [4.78, 5) is 8.15. The van der Waals surface area contributed by atoms with Crippen LogP contribution in [-0.2, 0) is 6.18 Å². The summed E-state index contributed by atoms with van der Waals surface area (Å²) in [6.07, 6.45) is -2.97. The smallest absolute Gasteiger partial charge is 0.369 e. The van der Waals surface area contributed by atoms with E-state index in [1.807, 2.05) is 0 Å². The van der Waals surface area contributed by atoms with Crippen LogP contribution in [0, 0.1) is 0 Å². The van der Waals surface area contributed by atoms with Crippen LogP contribution in [0.5, 0.6) is 0 Å². The molecular formula is C13H8ClF3N4. The molecule has 0 saturated heterocycles. The topological polar surface area (TPSA) is 56.7 Å². The van der Waals surface area contributed by atoms with E-state index in [2.05, 4.69) is 9.97 Å². The largest absolute Gasteiger partial charge is 0.416 e. The zero-order valence-electron chi connectivity index (χ0n) is 10.4. The number of nitrogen functional groups attached to an aromatic ring is 1. The van der Waals surface area contributed by atoms with E-state index in [1.165, 1.54) is 16.8 Å². The third-order valence-electron chi connectivity index (χ3n) is 2.96. The molecule has 2 heterocycles. The Kier molecular flexibility index (Phi) is 3.02. The summed E-state index contributed by atoms with van der Waals surface area (Å²) in [5.41, 5.74) is 5.87. The quantitative estimate of drug-likeness (QED) is 0.746. The van der Waals surface area contributed by atoms with Crippen LogP contribution in [0.1, 0.15) is 5.56 Å². The molecule has 4 nitrogen and oxygen atoms in total. The van der Waals surface area contributed by atoms with Crippen LogP contribution in [0.4, 0.5) is 19.1 Å². The fourth-order valence-electron chi connectivity index (χ4n) is 2.03. The van der Waals surface area contributed by atoms with Crippen LogP contribution in [0.25, 0.3) is 16.9 Å². The van der Waals surface area contributed by atoms with E-state index in [0.29, 0.717) is 11.2 Å². The second kappa shape index (κ2) is 4.63. The minimum atomic E-state index is -4.47. The van der Waals surface area contributed by atoms with Gasteiger partial charge in [-0.3, -0.25) is 4.57 Å². The second-order valence-corrected chi connectivity index (χ2v) is 4.72. The van der Waals surface area contributed by atoms with Crippen LogP contribution in [0.15, 0.2) is 36.5 Å². The molecule has 0 unspecified atom stereocenters. The maximum atomic E-state index is 12.8. The number of pyridine rings is 1. The molecule has 2 aromatic heterocycles. The van der Waals surface area contributed by atoms with Gasteiger partial charge in [0.2, 0.25) is 5.95 Å². The Morgan fingerprint density at radius 3 is 2.67 bits per heavy atom. The molecule has 0 aliphatic rings. The number of alkyl halides is 3. The van der Waals surface area contributed by atoms with Gasteiger partial charge in [0.1, 0.15) is 5.52 Å². The van der Waals surface area contributed by atoms with Crippen molar-refractivity contribution in [2.24, 2.45) is 0 Å². The summed E-state index contributed by atoms with van der Waals surface area (Å²) >= 11 is 6.01. The summed E-state index contributed by atoms with van der Waals surface area (Å²) < 4.78 is 39.8. The van der Waals surface area contributed by atoms with Crippen molar-refractivity contribution >= 4 is 28.7 Å². The van der Waals surface area contributed by atoms with Crippen molar-refractivity contribution in [2.75, 3.05) is 5.73 Å². The van der Waals surface area contributed by atoms with Crippen LogP contribution < -0.4 is 5.73 Å². The Labute approximate surface area is 122 Å². The molecule has 8 heteroatoms. The summed E-state index contributed by atoms with van der Waals surface area (Å²) in [6.45, 7) is 0. The van der Waals surface area contributed by atoms with E-state index < -0.39 is 11.7 Å². The first-order chi connectivity index (χ1) is 9.88. The molecule has 108 valence electrons. The van der Waals surface area contributed by atoms with Gasteiger partial charge in [-0.25, -0.2) is 9.97 Å². The summed E-state index contributed by atoms with van der Waals surface area (Å²) in [6, 6.07) is 6.33. The van der Waals surface area contributed by atoms with Gasteiger partial charge in [0, 0.05) is 6.20 Å². The van der Waals surface area contributed by atoms with Gasteiger partial charge in [-0.2, -0.15) is 13.2 Å². The predicted octanol–water partition coefficient (Wildman–Crippen LogP) is 3.67. The van der Waals surface area contributed by atoms with Gasteiger partial charge in [-0.15, -0.1) is 0 Å². The minimum absolute atomic E-state index is 0.0184. The molecule has 2 N–H and O–H groups in total. The second-order valence-electron chi connectivity index (χ2n) is 4.32. The normalized spacial score (nSPS) is 12.0. The van der Waals surface area contributed by atoms with Gasteiger partial charge in [0.05, 0.1) is 16.3 Å². The van der Waals surface area contributed by atoms with Crippen molar-refractivity contribution in [3.05, 3.63) is 47.1 Å². The molecule has 0 fully saturated rings. The van der Waals surface area contributed by atoms with E-state index in [1.54, 1.807) is 12.1 Å². The monoisotopic (exact) mass is 312 g/mol. The molecular weight excluding hydrogens is 305 g/mol. The highest BCUT2D eigenvalue weighted by Crippen LogP contribution is 2.34. The molecule has 1 aromatic carbocycles. The van der Waals surface area contributed by atoms with Crippen LogP contribution in [0.2, 0.25) is 5.02 Å². The average molecular weight is 313 g/mol. The van der Waals surface area contributed by atoms with Crippen molar-refractivity contribution in [3.8, 4) is 5.69 Å². The number of rotatable bonds is 1. The third-order valence-corrected chi connectivity index (χ3v) is 3.28. The number of imidazole rings is 1.